The van der Waals surface area contributed by atoms with Gasteiger partial charge in [0.25, 0.3) is 0 Å². The van der Waals surface area contributed by atoms with Gasteiger partial charge in [-0.05, 0) is 66.1 Å². The van der Waals surface area contributed by atoms with Crippen LogP contribution in [-0.2, 0) is 17.6 Å². The molecule has 0 saturated carbocycles. The molecule has 1 aliphatic heterocycles. The molecule has 0 bridgehead atoms. The Hall–Kier alpha value is -3.45. The quantitative estimate of drug-likeness (QED) is 0.483. The number of hydrogen-bond acceptors (Lipinski definition) is 6. The molecule has 0 fully saturated rings. The fourth-order valence-electron chi connectivity index (χ4n) is 4.72. The molecular formula is C28H34N2O5. The summed E-state index contributed by atoms with van der Waals surface area (Å²) in [6, 6.07) is 7.98. The first-order valence-corrected chi connectivity index (χ1v) is 11.8. The summed E-state index contributed by atoms with van der Waals surface area (Å²) in [6.45, 7) is 2.32. The number of hydrogen-bond donors (Lipinski definition) is 0. The van der Waals surface area contributed by atoms with Gasteiger partial charge >= 0.3 is 0 Å². The SMILES string of the molecule is COc1cc2c(cc1OC)CC(=O)N(C/C=C\CN(C)C[C@H]1Cc3cc(OC)c(OC)cc31)C=C2. The summed E-state index contributed by atoms with van der Waals surface area (Å²) in [7, 11) is 8.68. The zero-order chi connectivity index (χ0) is 24.9. The van der Waals surface area contributed by atoms with Crippen molar-refractivity contribution in [2.45, 2.75) is 18.8 Å². The highest BCUT2D eigenvalue weighted by Gasteiger charge is 2.29. The number of benzene rings is 2. The summed E-state index contributed by atoms with van der Waals surface area (Å²) in [6.07, 6.45) is 9.36. The van der Waals surface area contributed by atoms with Gasteiger partial charge in [-0.2, -0.15) is 0 Å². The lowest BCUT2D eigenvalue weighted by molar-refractivity contribution is -0.127. The highest BCUT2D eigenvalue weighted by atomic mass is 16.5. The predicted octanol–water partition coefficient (Wildman–Crippen LogP) is 3.90. The first kappa shape index (κ1) is 24.7. The standard InChI is InChI=1S/C28H34N2O5/c1-29(18-22-12-21-15-26(34-4)27(35-5)17-23(21)22)9-6-7-10-30-11-8-19-13-24(32-2)25(33-3)14-20(19)16-28(30)31/h6-8,11,13-15,17,22H,9-10,12,16,18H2,1-5H3/b7-6-/t22-/m1/s1. The molecule has 0 aromatic heterocycles. The van der Waals surface area contributed by atoms with Crippen LogP contribution in [0.2, 0.25) is 0 Å². The average Bonchev–Trinajstić information content (AvgIpc) is 3.01. The third-order valence-corrected chi connectivity index (χ3v) is 6.71. The fourth-order valence-corrected chi connectivity index (χ4v) is 4.72. The van der Waals surface area contributed by atoms with Gasteiger partial charge in [-0.3, -0.25) is 4.79 Å². The molecule has 0 radical (unpaired) electrons. The van der Waals surface area contributed by atoms with Crippen LogP contribution in [0.1, 0.15) is 28.2 Å². The van der Waals surface area contributed by atoms with Gasteiger partial charge in [0.15, 0.2) is 23.0 Å². The molecule has 1 amide bonds. The summed E-state index contributed by atoms with van der Waals surface area (Å²) in [5.41, 5.74) is 4.58. The van der Waals surface area contributed by atoms with E-state index in [1.807, 2.05) is 24.4 Å². The summed E-state index contributed by atoms with van der Waals surface area (Å²) < 4.78 is 21.6. The van der Waals surface area contributed by atoms with Crippen LogP contribution in [0.25, 0.3) is 6.08 Å². The largest absolute Gasteiger partial charge is 0.493 e. The molecule has 2 aromatic rings. The number of carbonyl (C=O) groups excluding carboxylic acids is 1. The molecule has 0 spiro atoms. The van der Waals surface area contributed by atoms with Crippen molar-refractivity contribution in [2.24, 2.45) is 0 Å². The van der Waals surface area contributed by atoms with E-state index in [1.54, 1.807) is 33.3 Å². The average molecular weight is 479 g/mol. The van der Waals surface area contributed by atoms with E-state index in [0.717, 1.165) is 42.1 Å². The Bertz CT molecular complexity index is 1140. The van der Waals surface area contributed by atoms with E-state index in [4.69, 9.17) is 18.9 Å². The fraction of sp³-hybridized carbons (Fsp3) is 0.393. The summed E-state index contributed by atoms with van der Waals surface area (Å²) in [4.78, 5) is 16.9. The number of ether oxygens (including phenoxy) is 4. The van der Waals surface area contributed by atoms with Crippen molar-refractivity contribution in [3.05, 3.63) is 64.9 Å². The number of carbonyl (C=O) groups is 1. The Labute approximate surface area is 207 Å². The Kier molecular flexibility index (Phi) is 7.66. The van der Waals surface area contributed by atoms with Crippen LogP contribution in [-0.4, -0.2) is 70.8 Å². The van der Waals surface area contributed by atoms with Crippen molar-refractivity contribution >= 4 is 12.0 Å². The molecule has 35 heavy (non-hydrogen) atoms. The van der Waals surface area contributed by atoms with Crippen molar-refractivity contribution < 1.29 is 23.7 Å². The zero-order valence-electron chi connectivity index (χ0n) is 21.2. The lowest BCUT2D eigenvalue weighted by atomic mass is 9.77. The summed E-state index contributed by atoms with van der Waals surface area (Å²) in [5.74, 6) is 3.42. The van der Waals surface area contributed by atoms with Gasteiger partial charge in [0.2, 0.25) is 5.91 Å². The first-order valence-electron chi connectivity index (χ1n) is 11.8. The Balaban J connectivity index is 1.30. The predicted molar refractivity (Wildman–Crippen MR) is 137 cm³/mol. The van der Waals surface area contributed by atoms with Gasteiger partial charge in [-0.1, -0.05) is 12.2 Å². The topological polar surface area (TPSA) is 60.5 Å². The minimum Gasteiger partial charge on any atom is -0.493 e. The van der Waals surface area contributed by atoms with Crippen LogP contribution in [0.5, 0.6) is 23.0 Å². The van der Waals surface area contributed by atoms with E-state index >= 15 is 0 Å². The van der Waals surface area contributed by atoms with Crippen molar-refractivity contribution in [3.8, 4) is 23.0 Å². The number of methoxy groups -OCH3 is 4. The molecule has 7 nitrogen and oxygen atoms in total. The monoisotopic (exact) mass is 478 g/mol. The highest BCUT2D eigenvalue weighted by Crippen LogP contribution is 2.42. The maximum Gasteiger partial charge on any atom is 0.231 e. The molecule has 2 aliphatic rings. The van der Waals surface area contributed by atoms with Crippen molar-refractivity contribution in [2.75, 3.05) is 55.1 Å². The van der Waals surface area contributed by atoms with Crippen LogP contribution in [0.15, 0.2) is 42.6 Å². The van der Waals surface area contributed by atoms with Gasteiger partial charge in [0, 0.05) is 31.8 Å². The van der Waals surface area contributed by atoms with E-state index in [-0.39, 0.29) is 5.91 Å². The number of nitrogens with zero attached hydrogens (tertiary/aromatic N) is 2. The van der Waals surface area contributed by atoms with Crippen LogP contribution < -0.4 is 18.9 Å². The second kappa shape index (κ2) is 10.9. The van der Waals surface area contributed by atoms with E-state index < -0.39 is 0 Å². The lowest BCUT2D eigenvalue weighted by Crippen LogP contribution is -2.31. The van der Waals surface area contributed by atoms with E-state index in [9.17, 15) is 4.79 Å². The second-order valence-electron chi connectivity index (χ2n) is 8.94. The Morgan fingerprint density at radius 2 is 1.54 bits per heavy atom. The molecular weight excluding hydrogens is 444 g/mol. The minimum absolute atomic E-state index is 0.0562. The minimum atomic E-state index is 0.0562. The Morgan fingerprint density at radius 3 is 2.23 bits per heavy atom. The highest BCUT2D eigenvalue weighted by molar-refractivity contribution is 5.84. The maximum absolute atomic E-state index is 12.8. The van der Waals surface area contributed by atoms with Crippen LogP contribution in [0, 0.1) is 0 Å². The lowest BCUT2D eigenvalue weighted by Gasteiger charge is -2.34. The van der Waals surface area contributed by atoms with E-state index in [1.165, 1.54) is 11.1 Å². The summed E-state index contributed by atoms with van der Waals surface area (Å²) in [5, 5.41) is 0. The molecule has 0 unspecified atom stereocenters. The van der Waals surface area contributed by atoms with Crippen molar-refractivity contribution in [1.82, 2.24) is 9.80 Å². The smallest absolute Gasteiger partial charge is 0.231 e. The molecule has 1 heterocycles. The Morgan fingerprint density at radius 1 is 0.914 bits per heavy atom. The molecule has 1 atom stereocenters. The van der Waals surface area contributed by atoms with E-state index in [2.05, 4.69) is 36.2 Å². The number of fused-ring (bicyclic) bond motifs is 2. The molecule has 0 N–H and O–H groups in total. The van der Waals surface area contributed by atoms with Crippen LogP contribution in [0.3, 0.4) is 0 Å². The van der Waals surface area contributed by atoms with Crippen LogP contribution in [0.4, 0.5) is 0 Å². The number of amides is 1. The van der Waals surface area contributed by atoms with Gasteiger partial charge in [-0.25, -0.2) is 0 Å². The molecule has 2 aromatic carbocycles. The molecule has 7 heteroatoms. The third-order valence-electron chi connectivity index (χ3n) is 6.71. The van der Waals surface area contributed by atoms with Gasteiger partial charge in [0.1, 0.15) is 0 Å². The zero-order valence-corrected chi connectivity index (χ0v) is 21.2. The normalized spacial score (nSPS) is 16.6. The van der Waals surface area contributed by atoms with Gasteiger partial charge < -0.3 is 28.7 Å². The van der Waals surface area contributed by atoms with Crippen molar-refractivity contribution in [3.63, 3.8) is 0 Å². The maximum atomic E-state index is 12.8. The summed E-state index contributed by atoms with van der Waals surface area (Å²) >= 11 is 0. The number of likely N-dealkylation sites (N-methyl/N-ethyl adjacent to an activating group) is 1. The van der Waals surface area contributed by atoms with E-state index in [0.29, 0.717) is 30.4 Å². The number of rotatable bonds is 10. The van der Waals surface area contributed by atoms with Gasteiger partial charge in [0.05, 0.1) is 34.9 Å². The molecule has 1 aliphatic carbocycles. The molecule has 4 rings (SSSR count). The molecule has 0 saturated heterocycles. The van der Waals surface area contributed by atoms with Crippen LogP contribution >= 0.6 is 0 Å². The molecule has 186 valence electrons. The third kappa shape index (κ3) is 5.30. The second-order valence-corrected chi connectivity index (χ2v) is 8.94. The van der Waals surface area contributed by atoms with Crippen molar-refractivity contribution in [1.29, 1.82) is 0 Å². The first-order chi connectivity index (χ1) is 17.0. The van der Waals surface area contributed by atoms with Gasteiger partial charge in [-0.15, -0.1) is 0 Å².